The lowest BCUT2D eigenvalue weighted by atomic mass is 10.0. The first-order valence-corrected chi connectivity index (χ1v) is 12.3. The minimum atomic E-state index is -4.54. The minimum Gasteiger partial charge on any atom is -0.497 e. The molecule has 1 aliphatic heterocycles. The first-order valence-electron chi connectivity index (χ1n) is 12.3. The van der Waals surface area contributed by atoms with Gasteiger partial charge in [0.2, 0.25) is 0 Å². The van der Waals surface area contributed by atoms with Gasteiger partial charge in [-0.3, -0.25) is 9.69 Å². The first kappa shape index (κ1) is 25.1. The second-order valence-corrected chi connectivity index (χ2v) is 9.65. The lowest BCUT2D eigenvalue weighted by Gasteiger charge is -2.38. The number of methoxy groups -OCH3 is 1. The second kappa shape index (κ2) is 10.1. The van der Waals surface area contributed by atoms with Crippen LogP contribution in [0.15, 0.2) is 66.7 Å². The Kier molecular flexibility index (Phi) is 6.86. The Labute approximate surface area is 214 Å². The van der Waals surface area contributed by atoms with Gasteiger partial charge in [-0.2, -0.15) is 13.2 Å². The SMILES string of the molecule is COc1ccc2c(c1)N(C(=O)c1cccc(C(F)(F)F)c1)C(CCN(C)C1Cc3ccccc3C1)CO2. The smallest absolute Gasteiger partial charge is 0.416 e. The third-order valence-corrected chi connectivity index (χ3v) is 7.35. The average molecular weight is 511 g/mol. The van der Waals surface area contributed by atoms with Gasteiger partial charge in [0.05, 0.1) is 24.4 Å². The zero-order valence-electron chi connectivity index (χ0n) is 20.8. The molecule has 0 N–H and O–H groups in total. The molecule has 1 atom stereocenters. The number of hydrogen-bond donors (Lipinski definition) is 0. The Balaban J connectivity index is 1.40. The van der Waals surface area contributed by atoms with Gasteiger partial charge in [-0.05, 0) is 67.8 Å². The Hall–Kier alpha value is -3.52. The Morgan fingerprint density at radius 1 is 1.05 bits per heavy atom. The molecule has 0 fully saturated rings. The number of alkyl halides is 3. The van der Waals surface area contributed by atoms with Gasteiger partial charge in [-0.25, -0.2) is 0 Å². The normalized spacial score (nSPS) is 17.4. The summed E-state index contributed by atoms with van der Waals surface area (Å²) in [5, 5.41) is 0. The molecule has 8 heteroatoms. The summed E-state index contributed by atoms with van der Waals surface area (Å²) in [6, 6.07) is 18.2. The molecular formula is C29H29F3N2O3. The maximum Gasteiger partial charge on any atom is 0.416 e. The molecule has 5 rings (SSSR count). The second-order valence-electron chi connectivity index (χ2n) is 9.65. The van der Waals surface area contributed by atoms with Gasteiger partial charge in [-0.1, -0.05) is 30.3 Å². The van der Waals surface area contributed by atoms with Crippen LogP contribution in [0.3, 0.4) is 0 Å². The number of carbonyl (C=O) groups excluding carboxylic acids is 1. The van der Waals surface area contributed by atoms with Crippen LogP contribution in [0, 0.1) is 0 Å². The van der Waals surface area contributed by atoms with E-state index in [1.54, 1.807) is 23.1 Å². The fraction of sp³-hybridized carbons (Fsp3) is 0.345. The predicted octanol–water partition coefficient (Wildman–Crippen LogP) is 5.61. The van der Waals surface area contributed by atoms with Crippen LogP contribution >= 0.6 is 0 Å². The molecule has 3 aromatic carbocycles. The minimum absolute atomic E-state index is 0.0184. The van der Waals surface area contributed by atoms with Crippen LogP contribution in [0.4, 0.5) is 18.9 Å². The number of benzene rings is 3. The molecule has 5 nitrogen and oxygen atoms in total. The molecule has 1 aliphatic carbocycles. The van der Waals surface area contributed by atoms with E-state index in [2.05, 4.69) is 36.2 Å². The zero-order chi connectivity index (χ0) is 26.2. The fourth-order valence-corrected chi connectivity index (χ4v) is 5.23. The number of amides is 1. The number of halogens is 3. The molecule has 0 bridgehead atoms. The van der Waals surface area contributed by atoms with E-state index in [1.165, 1.54) is 30.4 Å². The molecule has 0 saturated carbocycles. The zero-order valence-corrected chi connectivity index (χ0v) is 20.8. The van der Waals surface area contributed by atoms with Crippen molar-refractivity contribution in [1.29, 1.82) is 0 Å². The maximum absolute atomic E-state index is 13.7. The molecule has 0 radical (unpaired) electrons. The van der Waals surface area contributed by atoms with Crippen molar-refractivity contribution in [2.75, 3.05) is 32.2 Å². The summed E-state index contributed by atoms with van der Waals surface area (Å²) < 4.78 is 51.5. The third-order valence-electron chi connectivity index (χ3n) is 7.35. The van der Waals surface area contributed by atoms with Gasteiger partial charge in [0.25, 0.3) is 5.91 Å². The first-order chi connectivity index (χ1) is 17.7. The summed E-state index contributed by atoms with van der Waals surface area (Å²) in [5.41, 5.74) is 2.35. The van der Waals surface area contributed by atoms with Crippen LogP contribution in [0.2, 0.25) is 0 Å². The van der Waals surface area contributed by atoms with Crippen LogP contribution in [-0.2, 0) is 19.0 Å². The molecular weight excluding hydrogens is 481 g/mol. The Bertz CT molecular complexity index is 1270. The molecule has 3 aromatic rings. The number of ether oxygens (including phenoxy) is 2. The molecule has 1 unspecified atom stereocenters. The number of carbonyl (C=O) groups is 1. The van der Waals surface area contributed by atoms with Crippen LogP contribution in [0.25, 0.3) is 0 Å². The van der Waals surface area contributed by atoms with Crippen LogP contribution in [0.5, 0.6) is 11.5 Å². The number of hydrogen-bond acceptors (Lipinski definition) is 4. The van der Waals surface area contributed by atoms with E-state index in [1.807, 2.05) is 0 Å². The summed E-state index contributed by atoms with van der Waals surface area (Å²) in [4.78, 5) is 17.6. The molecule has 0 saturated heterocycles. The van der Waals surface area contributed by atoms with Crippen molar-refractivity contribution in [3.63, 3.8) is 0 Å². The van der Waals surface area contributed by atoms with Crippen LogP contribution in [0.1, 0.15) is 33.5 Å². The average Bonchev–Trinajstić information content (AvgIpc) is 3.35. The third kappa shape index (κ3) is 5.16. The monoisotopic (exact) mass is 510 g/mol. The van der Waals surface area contributed by atoms with Gasteiger partial charge in [-0.15, -0.1) is 0 Å². The number of rotatable bonds is 6. The van der Waals surface area contributed by atoms with Gasteiger partial charge >= 0.3 is 6.18 Å². The number of fused-ring (bicyclic) bond motifs is 2. The fourth-order valence-electron chi connectivity index (χ4n) is 5.23. The van der Waals surface area contributed by atoms with Gasteiger partial charge < -0.3 is 14.4 Å². The standard InChI is InChI=1S/C29H29F3N2O3/c1-33(24-15-19-6-3-4-7-20(19)16-24)13-12-23-18-37-27-11-10-25(36-2)17-26(27)34(23)28(35)21-8-5-9-22(14-21)29(30,31)32/h3-11,14,17,23-24H,12-13,15-16,18H2,1-2H3. The van der Waals surface area contributed by atoms with E-state index in [0.717, 1.165) is 25.0 Å². The predicted molar refractivity (Wildman–Crippen MR) is 135 cm³/mol. The number of nitrogens with zero attached hydrogens (tertiary/aromatic N) is 2. The van der Waals surface area contributed by atoms with Crippen molar-refractivity contribution < 1.29 is 27.4 Å². The highest BCUT2D eigenvalue weighted by Crippen LogP contribution is 2.39. The van der Waals surface area contributed by atoms with E-state index >= 15 is 0 Å². The Morgan fingerprint density at radius 3 is 2.46 bits per heavy atom. The largest absolute Gasteiger partial charge is 0.497 e. The lowest BCUT2D eigenvalue weighted by Crippen LogP contribution is -2.48. The number of likely N-dealkylation sites (N-methyl/N-ethyl adjacent to an activating group) is 1. The van der Waals surface area contributed by atoms with E-state index in [0.29, 0.717) is 36.2 Å². The van der Waals surface area contributed by atoms with Crippen molar-refractivity contribution in [2.24, 2.45) is 0 Å². The molecule has 194 valence electrons. The van der Waals surface area contributed by atoms with Crippen molar-refractivity contribution in [1.82, 2.24) is 4.90 Å². The van der Waals surface area contributed by atoms with E-state index in [-0.39, 0.29) is 18.2 Å². The molecule has 1 heterocycles. The highest BCUT2D eigenvalue weighted by molar-refractivity contribution is 6.07. The van der Waals surface area contributed by atoms with E-state index in [4.69, 9.17) is 9.47 Å². The van der Waals surface area contributed by atoms with Crippen molar-refractivity contribution >= 4 is 11.6 Å². The molecule has 1 amide bonds. The molecule has 0 aromatic heterocycles. The Morgan fingerprint density at radius 2 is 1.78 bits per heavy atom. The van der Waals surface area contributed by atoms with Crippen LogP contribution < -0.4 is 14.4 Å². The van der Waals surface area contributed by atoms with Crippen molar-refractivity contribution in [3.05, 3.63) is 89.0 Å². The number of anilines is 1. The van der Waals surface area contributed by atoms with Gasteiger partial charge in [0, 0.05) is 24.2 Å². The topological polar surface area (TPSA) is 42.0 Å². The highest BCUT2D eigenvalue weighted by Gasteiger charge is 2.36. The highest BCUT2D eigenvalue weighted by atomic mass is 19.4. The van der Waals surface area contributed by atoms with E-state index < -0.39 is 17.6 Å². The van der Waals surface area contributed by atoms with Gasteiger partial charge in [0.1, 0.15) is 18.1 Å². The maximum atomic E-state index is 13.7. The van der Waals surface area contributed by atoms with Gasteiger partial charge in [0.15, 0.2) is 0 Å². The summed E-state index contributed by atoms with van der Waals surface area (Å²) in [7, 11) is 3.60. The summed E-state index contributed by atoms with van der Waals surface area (Å²) in [5.74, 6) is 0.535. The lowest BCUT2D eigenvalue weighted by molar-refractivity contribution is -0.137. The summed E-state index contributed by atoms with van der Waals surface area (Å²) in [6.07, 6.45) is -1.99. The quantitative estimate of drug-likeness (QED) is 0.432. The molecule has 2 aliphatic rings. The summed E-state index contributed by atoms with van der Waals surface area (Å²) >= 11 is 0. The van der Waals surface area contributed by atoms with Crippen LogP contribution in [-0.4, -0.2) is 50.2 Å². The van der Waals surface area contributed by atoms with E-state index in [9.17, 15) is 18.0 Å². The van der Waals surface area contributed by atoms with Crippen molar-refractivity contribution in [3.8, 4) is 11.5 Å². The molecule has 37 heavy (non-hydrogen) atoms. The van der Waals surface area contributed by atoms with Crippen molar-refractivity contribution in [2.45, 2.75) is 37.5 Å². The molecule has 0 spiro atoms. The summed E-state index contributed by atoms with van der Waals surface area (Å²) in [6.45, 7) is 0.959.